The Morgan fingerprint density at radius 1 is 1.38 bits per heavy atom. The Balaban J connectivity index is 2.10. The van der Waals surface area contributed by atoms with Crippen LogP contribution in [0.2, 0.25) is 5.02 Å². The largest absolute Gasteiger partial charge is 0.324 e. The normalized spacial score (nSPS) is 12.7. The van der Waals surface area contributed by atoms with E-state index in [-0.39, 0.29) is 6.04 Å². The van der Waals surface area contributed by atoms with Gasteiger partial charge in [0.15, 0.2) is 0 Å². The number of thiophene rings is 1. The van der Waals surface area contributed by atoms with Crippen LogP contribution in [0, 0.1) is 6.92 Å². The number of hydrogen-bond donors (Lipinski definition) is 1. The number of nitrogens with two attached hydrogens (primary N) is 1. The van der Waals surface area contributed by atoms with Gasteiger partial charge in [0, 0.05) is 15.9 Å². The molecule has 0 bridgehead atoms. The lowest BCUT2D eigenvalue weighted by atomic mass is 10.0. The first kappa shape index (κ1) is 11.6. The van der Waals surface area contributed by atoms with Gasteiger partial charge in [0.2, 0.25) is 0 Å². The minimum Gasteiger partial charge on any atom is -0.324 e. The second kappa shape index (κ2) is 5.00. The predicted octanol–water partition coefficient (Wildman–Crippen LogP) is 3.95. The summed E-state index contributed by atoms with van der Waals surface area (Å²) in [6.45, 7) is 2.10. The van der Waals surface area contributed by atoms with Crippen LogP contribution >= 0.6 is 22.9 Å². The van der Waals surface area contributed by atoms with Crippen LogP contribution in [0.5, 0.6) is 0 Å². The Kier molecular flexibility index (Phi) is 3.64. The Morgan fingerprint density at radius 3 is 2.81 bits per heavy atom. The molecule has 1 unspecified atom stereocenters. The Hall–Kier alpha value is -0.830. The van der Waals surface area contributed by atoms with Crippen molar-refractivity contribution < 1.29 is 0 Å². The summed E-state index contributed by atoms with van der Waals surface area (Å²) >= 11 is 7.68. The maximum atomic E-state index is 6.15. The molecule has 0 fully saturated rings. The van der Waals surface area contributed by atoms with Crippen molar-refractivity contribution in [1.29, 1.82) is 0 Å². The zero-order chi connectivity index (χ0) is 11.5. The maximum absolute atomic E-state index is 6.15. The summed E-state index contributed by atoms with van der Waals surface area (Å²) in [6, 6.07) is 10.1. The molecular weight excluding hydrogens is 238 g/mol. The van der Waals surface area contributed by atoms with Crippen LogP contribution in [0.25, 0.3) is 0 Å². The fourth-order valence-corrected chi connectivity index (χ4v) is 2.68. The first-order valence-electron chi connectivity index (χ1n) is 5.20. The highest BCUT2D eigenvalue weighted by atomic mass is 35.5. The predicted molar refractivity (Wildman–Crippen MR) is 71.1 cm³/mol. The second-order valence-corrected chi connectivity index (χ2v) is 5.48. The summed E-state index contributed by atoms with van der Waals surface area (Å²) in [4.78, 5) is 1.30. The van der Waals surface area contributed by atoms with E-state index in [0.29, 0.717) is 0 Å². The standard InChI is InChI=1S/C13H14ClNS/c1-9-5-11(8-16-9)13(15)7-10-3-2-4-12(14)6-10/h2-6,8,13H,7,15H2,1H3. The third-order valence-corrected chi connectivity index (χ3v) is 3.64. The minimum absolute atomic E-state index is 0.0587. The number of hydrogen-bond acceptors (Lipinski definition) is 2. The highest BCUT2D eigenvalue weighted by Crippen LogP contribution is 2.22. The molecule has 1 aromatic heterocycles. The molecule has 0 saturated heterocycles. The van der Waals surface area contributed by atoms with Crippen molar-refractivity contribution >= 4 is 22.9 Å². The fourth-order valence-electron chi connectivity index (χ4n) is 1.69. The summed E-state index contributed by atoms with van der Waals surface area (Å²) < 4.78 is 0. The summed E-state index contributed by atoms with van der Waals surface area (Å²) in [5.41, 5.74) is 8.55. The molecule has 0 aliphatic rings. The molecule has 0 radical (unpaired) electrons. The first-order chi connectivity index (χ1) is 7.65. The van der Waals surface area contributed by atoms with E-state index in [1.165, 1.54) is 16.0 Å². The van der Waals surface area contributed by atoms with Crippen molar-refractivity contribution in [2.24, 2.45) is 5.73 Å². The summed E-state index contributed by atoms with van der Waals surface area (Å²) in [5.74, 6) is 0. The van der Waals surface area contributed by atoms with Gasteiger partial charge >= 0.3 is 0 Å². The van der Waals surface area contributed by atoms with Crippen LogP contribution in [0.15, 0.2) is 35.7 Å². The van der Waals surface area contributed by atoms with Crippen molar-refractivity contribution in [3.05, 3.63) is 56.7 Å². The van der Waals surface area contributed by atoms with E-state index in [4.69, 9.17) is 17.3 Å². The molecule has 1 heterocycles. The average Bonchev–Trinajstić information content (AvgIpc) is 2.65. The molecule has 0 aliphatic heterocycles. The lowest BCUT2D eigenvalue weighted by molar-refractivity contribution is 0.725. The van der Waals surface area contributed by atoms with Gasteiger partial charge in [0.05, 0.1) is 0 Å². The summed E-state index contributed by atoms with van der Waals surface area (Å²) in [6.07, 6.45) is 0.830. The molecule has 0 saturated carbocycles. The van der Waals surface area contributed by atoms with E-state index < -0.39 is 0 Å². The van der Waals surface area contributed by atoms with Crippen LogP contribution in [0.3, 0.4) is 0 Å². The highest BCUT2D eigenvalue weighted by molar-refractivity contribution is 7.10. The maximum Gasteiger partial charge on any atom is 0.0408 e. The van der Waals surface area contributed by atoms with E-state index in [2.05, 4.69) is 24.4 Å². The van der Waals surface area contributed by atoms with Crippen molar-refractivity contribution in [3.63, 3.8) is 0 Å². The third-order valence-electron chi connectivity index (χ3n) is 2.52. The molecular formula is C13H14ClNS. The molecule has 1 atom stereocenters. The smallest absolute Gasteiger partial charge is 0.0408 e. The SMILES string of the molecule is Cc1cc(C(N)Cc2cccc(Cl)c2)cs1. The number of halogens is 1. The number of benzene rings is 1. The van der Waals surface area contributed by atoms with Gasteiger partial charge in [-0.1, -0.05) is 23.7 Å². The van der Waals surface area contributed by atoms with Crippen molar-refractivity contribution in [2.75, 3.05) is 0 Å². The van der Waals surface area contributed by atoms with Crippen LogP contribution in [-0.2, 0) is 6.42 Å². The van der Waals surface area contributed by atoms with Gasteiger partial charge in [-0.25, -0.2) is 0 Å². The zero-order valence-corrected chi connectivity index (χ0v) is 10.7. The first-order valence-corrected chi connectivity index (χ1v) is 6.46. The van der Waals surface area contributed by atoms with E-state index >= 15 is 0 Å². The summed E-state index contributed by atoms with van der Waals surface area (Å²) in [5, 5.41) is 2.90. The van der Waals surface area contributed by atoms with E-state index in [9.17, 15) is 0 Å². The lowest BCUT2D eigenvalue weighted by Crippen LogP contribution is -2.12. The quantitative estimate of drug-likeness (QED) is 0.878. The Bertz CT molecular complexity index is 478. The van der Waals surface area contributed by atoms with Crippen molar-refractivity contribution in [2.45, 2.75) is 19.4 Å². The number of rotatable bonds is 3. The van der Waals surface area contributed by atoms with Gasteiger partial charge in [0.25, 0.3) is 0 Å². The molecule has 1 nitrogen and oxygen atoms in total. The van der Waals surface area contributed by atoms with E-state index in [1.54, 1.807) is 11.3 Å². The fraction of sp³-hybridized carbons (Fsp3) is 0.231. The van der Waals surface area contributed by atoms with Gasteiger partial charge in [-0.3, -0.25) is 0 Å². The van der Waals surface area contributed by atoms with Gasteiger partial charge < -0.3 is 5.73 Å². The van der Waals surface area contributed by atoms with E-state index in [0.717, 1.165) is 11.4 Å². The van der Waals surface area contributed by atoms with Crippen LogP contribution in [-0.4, -0.2) is 0 Å². The van der Waals surface area contributed by atoms with E-state index in [1.807, 2.05) is 18.2 Å². The van der Waals surface area contributed by atoms with Crippen LogP contribution in [0.1, 0.15) is 22.0 Å². The Labute approximate surface area is 105 Å². The lowest BCUT2D eigenvalue weighted by Gasteiger charge is -2.10. The number of aryl methyl sites for hydroxylation is 1. The molecule has 3 heteroatoms. The second-order valence-electron chi connectivity index (χ2n) is 3.93. The molecule has 0 amide bonds. The van der Waals surface area contributed by atoms with Gasteiger partial charge in [0.1, 0.15) is 0 Å². The van der Waals surface area contributed by atoms with Crippen molar-refractivity contribution in [1.82, 2.24) is 0 Å². The Morgan fingerprint density at radius 2 is 2.19 bits per heavy atom. The molecule has 0 spiro atoms. The van der Waals surface area contributed by atoms with Gasteiger partial charge in [-0.2, -0.15) is 0 Å². The van der Waals surface area contributed by atoms with Crippen molar-refractivity contribution in [3.8, 4) is 0 Å². The minimum atomic E-state index is 0.0587. The van der Waals surface area contributed by atoms with Gasteiger partial charge in [-0.15, -0.1) is 11.3 Å². The monoisotopic (exact) mass is 251 g/mol. The molecule has 0 aliphatic carbocycles. The average molecular weight is 252 g/mol. The van der Waals surface area contributed by atoms with Crippen LogP contribution < -0.4 is 5.73 Å². The molecule has 84 valence electrons. The summed E-state index contributed by atoms with van der Waals surface area (Å²) in [7, 11) is 0. The molecule has 1 aromatic carbocycles. The molecule has 2 aromatic rings. The molecule has 2 N–H and O–H groups in total. The molecule has 2 rings (SSSR count). The topological polar surface area (TPSA) is 26.0 Å². The van der Waals surface area contributed by atoms with Gasteiger partial charge in [-0.05, 0) is 48.1 Å². The van der Waals surface area contributed by atoms with Crippen LogP contribution in [0.4, 0.5) is 0 Å². The third kappa shape index (κ3) is 2.85. The zero-order valence-electron chi connectivity index (χ0n) is 9.11. The molecule has 16 heavy (non-hydrogen) atoms. The highest BCUT2D eigenvalue weighted by Gasteiger charge is 2.08.